The molecule has 0 fully saturated rings. The molecule has 0 unspecified atom stereocenters. The van der Waals surface area contributed by atoms with Crippen LogP contribution in [0.3, 0.4) is 0 Å². The normalized spacial score (nSPS) is 10.3. The molecule has 0 bridgehead atoms. The number of nitrogens with one attached hydrogen (secondary N) is 3. The minimum Gasteiger partial charge on any atom is -0.494 e. The van der Waals surface area contributed by atoms with Gasteiger partial charge in [0, 0.05) is 10.6 Å². The number of unbranched alkanes of at least 4 members (excludes halogenated alkanes) is 4. The number of hydrazine groups is 1. The van der Waals surface area contributed by atoms with Gasteiger partial charge < -0.3 is 4.74 Å². The van der Waals surface area contributed by atoms with E-state index in [0.29, 0.717) is 22.9 Å². The highest BCUT2D eigenvalue weighted by molar-refractivity contribution is 7.80. The van der Waals surface area contributed by atoms with E-state index in [1.165, 1.54) is 31.4 Å². The fraction of sp³-hybridized carbons (Fsp3) is 0.318. The maximum atomic E-state index is 12.3. The van der Waals surface area contributed by atoms with Crippen LogP contribution in [0.2, 0.25) is 10.0 Å². The zero-order valence-electron chi connectivity index (χ0n) is 17.2. The standard InChI is InChI=1S/C22H25Cl2N3O3S/c1-2-3-4-5-6-13-30-17-10-7-15(8-11-17)20(28)25-22(31)27-26-21(29)18-12-9-16(23)14-19(18)24/h7-12,14H,2-6,13H2,1H3,(H,26,29)(H2,25,27,28,31). The topological polar surface area (TPSA) is 79.5 Å². The first-order valence-corrected chi connectivity index (χ1v) is 11.2. The highest BCUT2D eigenvalue weighted by Gasteiger charge is 2.12. The Bertz CT molecular complexity index is 907. The van der Waals surface area contributed by atoms with Crippen molar-refractivity contribution < 1.29 is 14.3 Å². The number of carbonyl (C=O) groups excluding carboxylic acids is 2. The molecule has 9 heteroatoms. The van der Waals surface area contributed by atoms with Crippen molar-refractivity contribution in [3.8, 4) is 5.75 Å². The third-order valence-electron chi connectivity index (χ3n) is 4.33. The molecule has 0 saturated heterocycles. The fourth-order valence-electron chi connectivity index (χ4n) is 2.66. The molecule has 2 amide bonds. The highest BCUT2D eigenvalue weighted by atomic mass is 35.5. The summed E-state index contributed by atoms with van der Waals surface area (Å²) in [5.74, 6) is -0.225. The van der Waals surface area contributed by atoms with E-state index in [9.17, 15) is 9.59 Å². The molecule has 0 radical (unpaired) electrons. The van der Waals surface area contributed by atoms with Crippen molar-refractivity contribution in [1.82, 2.24) is 16.2 Å². The van der Waals surface area contributed by atoms with Gasteiger partial charge in [-0.1, -0.05) is 55.8 Å². The van der Waals surface area contributed by atoms with E-state index >= 15 is 0 Å². The van der Waals surface area contributed by atoms with Crippen molar-refractivity contribution in [2.45, 2.75) is 39.0 Å². The van der Waals surface area contributed by atoms with Gasteiger partial charge in [0.1, 0.15) is 5.75 Å². The summed E-state index contributed by atoms with van der Waals surface area (Å²) < 4.78 is 5.69. The number of hydrogen-bond acceptors (Lipinski definition) is 4. The van der Waals surface area contributed by atoms with Crippen molar-refractivity contribution in [2.24, 2.45) is 0 Å². The molecule has 2 aromatic carbocycles. The van der Waals surface area contributed by atoms with Gasteiger partial charge in [-0.25, -0.2) is 0 Å². The fourth-order valence-corrected chi connectivity index (χ4v) is 3.30. The van der Waals surface area contributed by atoms with E-state index < -0.39 is 11.8 Å². The van der Waals surface area contributed by atoms with Crippen LogP contribution in [0, 0.1) is 0 Å². The van der Waals surface area contributed by atoms with Gasteiger partial charge in [0.2, 0.25) is 0 Å². The third-order valence-corrected chi connectivity index (χ3v) is 5.08. The first-order chi connectivity index (χ1) is 14.9. The Balaban J connectivity index is 1.75. The van der Waals surface area contributed by atoms with Crippen LogP contribution >= 0.6 is 35.4 Å². The second kappa shape index (κ2) is 13.1. The van der Waals surface area contributed by atoms with E-state index in [2.05, 4.69) is 23.1 Å². The van der Waals surface area contributed by atoms with Gasteiger partial charge in [-0.3, -0.25) is 25.8 Å². The maximum Gasteiger partial charge on any atom is 0.271 e. The summed E-state index contributed by atoms with van der Waals surface area (Å²) in [6.45, 7) is 2.84. The SMILES string of the molecule is CCCCCCCOc1ccc(C(=O)NC(=S)NNC(=O)c2ccc(Cl)cc2Cl)cc1. The average Bonchev–Trinajstić information content (AvgIpc) is 2.75. The minimum absolute atomic E-state index is 0.0594. The van der Waals surface area contributed by atoms with Gasteiger partial charge >= 0.3 is 0 Å². The second-order valence-electron chi connectivity index (χ2n) is 6.77. The van der Waals surface area contributed by atoms with Crippen molar-refractivity contribution in [3.63, 3.8) is 0 Å². The monoisotopic (exact) mass is 481 g/mol. The Morgan fingerprint density at radius 3 is 2.32 bits per heavy atom. The van der Waals surface area contributed by atoms with Gasteiger partial charge in [-0.05, 0) is 61.1 Å². The van der Waals surface area contributed by atoms with Crippen LogP contribution in [0.25, 0.3) is 0 Å². The molecule has 2 aromatic rings. The Morgan fingerprint density at radius 2 is 1.65 bits per heavy atom. The predicted molar refractivity (Wildman–Crippen MR) is 128 cm³/mol. The van der Waals surface area contributed by atoms with E-state index in [-0.39, 0.29) is 15.7 Å². The van der Waals surface area contributed by atoms with Gasteiger partial charge in [0.05, 0.1) is 17.2 Å². The molecule has 0 aliphatic heterocycles. The lowest BCUT2D eigenvalue weighted by Crippen LogP contribution is -2.48. The molecule has 6 nitrogen and oxygen atoms in total. The number of benzene rings is 2. The van der Waals surface area contributed by atoms with Gasteiger partial charge in [-0.15, -0.1) is 0 Å². The number of hydrogen-bond donors (Lipinski definition) is 3. The number of thiocarbonyl (C=S) groups is 1. The Morgan fingerprint density at radius 1 is 0.935 bits per heavy atom. The van der Waals surface area contributed by atoms with Gasteiger partial charge in [0.15, 0.2) is 5.11 Å². The van der Waals surface area contributed by atoms with Crippen molar-refractivity contribution in [2.75, 3.05) is 6.61 Å². The molecule has 0 saturated carbocycles. The van der Waals surface area contributed by atoms with Crippen LogP contribution < -0.4 is 20.9 Å². The number of halogens is 2. The molecule has 0 heterocycles. The molecule has 2 rings (SSSR count). The largest absolute Gasteiger partial charge is 0.494 e. The molecule has 0 atom stereocenters. The van der Waals surface area contributed by atoms with Crippen molar-refractivity contribution in [1.29, 1.82) is 0 Å². The van der Waals surface area contributed by atoms with Crippen molar-refractivity contribution >= 4 is 52.3 Å². The minimum atomic E-state index is -0.519. The second-order valence-corrected chi connectivity index (χ2v) is 8.03. The zero-order valence-corrected chi connectivity index (χ0v) is 19.5. The van der Waals surface area contributed by atoms with Crippen LogP contribution in [0.4, 0.5) is 0 Å². The molecular formula is C22H25Cl2N3O3S. The van der Waals surface area contributed by atoms with Crippen LogP contribution in [0.5, 0.6) is 5.75 Å². The van der Waals surface area contributed by atoms with E-state index in [0.717, 1.165) is 12.8 Å². The summed E-state index contributed by atoms with van der Waals surface area (Å²) in [7, 11) is 0. The Labute approximate surface area is 197 Å². The van der Waals surface area contributed by atoms with E-state index in [1.807, 2.05) is 0 Å². The summed E-state index contributed by atoms with van der Waals surface area (Å²) in [4.78, 5) is 24.5. The van der Waals surface area contributed by atoms with Gasteiger partial charge in [-0.2, -0.15) is 0 Å². The molecule has 0 spiro atoms. The van der Waals surface area contributed by atoms with Crippen molar-refractivity contribution in [3.05, 3.63) is 63.6 Å². The van der Waals surface area contributed by atoms with Crippen LogP contribution in [-0.4, -0.2) is 23.5 Å². The maximum absolute atomic E-state index is 12.3. The molecule has 166 valence electrons. The zero-order chi connectivity index (χ0) is 22.6. The first kappa shape index (κ1) is 24.9. The molecular weight excluding hydrogens is 457 g/mol. The Kier molecular flexibility index (Phi) is 10.6. The smallest absolute Gasteiger partial charge is 0.271 e. The van der Waals surface area contributed by atoms with Gasteiger partial charge in [0.25, 0.3) is 11.8 Å². The Hall–Kier alpha value is -2.35. The van der Waals surface area contributed by atoms with E-state index in [4.69, 9.17) is 40.2 Å². The first-order valence-electron chi connectivity index (χ1n) is 10.00. The van der Waals surface area contributed by atoms with Crippen LogP contribution in [0.15, 0.2) is 42.5 Å². The molecule has 0 aliphatic rings. The number of ether oxygens (including phenoxy) is 1. The average molecular weight is 482 g/mol. The summed E-state index contributed by atoms with van der Waals surface area (Å²) in [5.41, 5.74) is 5.47. The lowest BCUT2D eigenvalue weighted by Gasteiger charge is -2.12. The predicted octanol–water partition coefficient (Wildman–Crippen LogP) is 5.29. The van der Waals surface area contributed by atoms with Crippen LogP contribution in [-0.2, 0) is 0 Å². The highest BCUT2D eigenvalue weighted by Crippen LogP contribution is 2.20. The quantitative estimate of drug-likeness (QED) is 0.257. The molecule has 0 aliphatic carbocycles. The van der Waals surface area contributed by atoms with Crippen LogP contribution in [0.1, 0.15) is 59.7 Å². The number of amides is 2. The number of carbonyl (C=O) groups is 2. The summed E-state index contributed by atoms with van der Waals surface area (Å²) in [5, 5.41) is 3.05. The number of rotatable bonds is 9. The summed E-state index contributed by atoms with van der Waals surface area (Å²) >= 11 is 16.8. The molecule has 31 heavy (non-hydrogen) atoms. The lowest BCUT2D eigenvalue weighted by molar-refractivity contribution is 0.0934. The lowest BCUT2D eigenvalue weighted by atomic mass is 10.2. The van der Waals surface area contributed by atoms with E-state index in [1.54, 1.807) is 30.3 Å². The molecule has 0 aromatic heterocycles. The third kappa shape index (κ3) is 8.73. The summed E-state index contributed by atoms with van der Waals surface area (Å²) in [6, 6.07) is 11.3. The summed E-state index contributed by atoms with van der Waals surface area (Å²) in [6.07, 6.45) is 5.85. The molecule has 3 N–H and O–H groups in total.